The third-order valence-electron chi connectivity index (χ3n) is 4.23. The van der Waals surface area contributed by atoms with E-state index in [1.165, 1.54) is 17.5 Å². The first-order valence-electron chi connectivity index (χ1n) is 6.51. The summed E-state index contributed by atoms with van der Waals surface area (Å²) in [7, 11) is 1.74. The summed E-state index contributed by atoms with van der Waals surface area (Å²) >= 11 is 0. The molecule has 1 aliphatic heterocycles. The van der Waals surface area contributed by atoms with Gasteiger partial charge in [0.15, 0.2) is 0 Å². The van der Waals surface area contributed by atoms with E-state index < -0.39 is 0 Å². The molecule has 1 aromatic carbocycles. The molecule has 2 heteroatoms. The van der Waals surface area contributed by atoms with Gasteiger partial charge < -0.3 is 10.1 Å². The average molecular weight is 233 g/mol. The van der Waals surface area contributed by atoms with Crippen LogP contribution in [0.5, 0.6) is 5.75 Å². The molecular formula is C15H23NO. The Kier molecular flexibility index (Phi) is 3.72. The second-order valence-electron chi connectivity index (χ2n) is 5.22. The summed E-state index contributed by atoms with van der Waals surface area (Å²) < 4.78 is 5.35. The minimum absolute atomic E-state index is 0.597. The smallest absolute Gasteiger partial charge is 0.119 e. The van der Waals surface area contributed by atoms with Gasteiger partial charge in [-0.25, -0.2) is 0 Å². The Labute approximate surface area is 104 Å². The van der Waals surface area contributed by atoms with Crippen molar-refractivity contribution in [2.24, 2.45) is 5.92 Å². The highest BCUT2D eigenvalue weighted by Gasteiger charge is 2.28. The maximum absolute atomic E-state index is 5.35. The first kappa shape index (κ1) is 12.4. The number of benzene rings is 1. The highest BCUT2D eigenvalue weighted by atomic mass is 16.5. The first-order valence-corrected chi connectivity index (χ1v) is 6.51. The van der Waals surface area contributed by atoms with Gasteiger partial charge in [-0.3, -0.25) is 0 Å². The van der Waals surface area contributed by atoms with Crippen molar-refractivity contribution in [3.05, 3.63) is 29.3 Å². The maximum atomic E-state index is 5.35. The fourth-order valence-electron chi connectivity index (χ4n) is 2.85. The second kappa shape index (κ2) is 5.09. The molecule has 1 saturated heterocycles. The van der Waals surface area contributed by atoms with E-state index in [2.05, 4.69) is 38.2 Å². The Morgan fingerprint density at radius 1 is 1.29 bits per heavy atom. The van der Waals surface area contributed by atoms with E-state index in [0.29, 0.717) is 17.9 Å². The number of rotatable bonds is 2. The van der Waals surface area contributed by atoms with Crippen LogP contribution in [-0.4, -0.2) is 19.7 Å². The summed E-state index contributed by atoms with van der Waals surface area (Å²) in [6.07, 6.45) is 1.22. The maximum Gasteiger partial charge on any atom is 0.119 e. The zero-order valence-corrected chi connectivity index (χ0v) is 11.3. The number of hydrogen-bond acceptors (Lipinski definition) is 2. The third-order valence-corrected chi connectivity index (χ3v) is 4.23. The lowest BCUT2D eigenvalue weighted by Crippen LogP contribution is -2.41. The van der Waals surface area contributed by atoms with Crippen LogP contribution >= 0.6 is 0 Å². The van der Waals surface area contributed by atoms with Crippen LogP contribution in [0.25, 0.3) is 0 Å². The van der Waals surface area contributed by atoms with Crippen LogP contribution in [0.2, 0.25) is 0 Å². The van der Waals surface area contributed by atoms with Crippen LogP contribution in [0.4, 0.5) is 0 Å². The fourth-order valence-corrected chi connectivity index (χ4v) is 2.85. The molecule has 0 radical (unpaired) electrons. The molecule has 0 saturated carbocycles. The molecule has 0 spiro atoms. The van der Waals surface area contributed by atoms with E-state index in [1.54, 1.807) is 7.11 Å². The fraction of sp³-hybridized carbons (Fsp3) is 0.600. The summed E-state index contributed by atoms with van der Waals surface area (Å²) in [5.74, 6) is 2.31. The van der Waals surface area contributed by atoms with Gasteiger partial charge in [0.1, 0.15) is 5.75 Å². The summed E-state index contributed by atoms with van der Waals surface area (Å²) in [5.41, 5.74) is 2.85. The third kappa shape index (κ3) is 2.47. The predicted molar refractivity (Wildman–Crippen MR) is 71.7 cm³/mol. The quantitative estimate of drug-likeness (QED) is 0.847. The van der Waals surface area contributed by atoms with Crippen LogP contribution in [0.15, 0.2) is 18.2 Å². The van der Waals surface area contributed by atoms with Crippen molar-refractivity contribution in [1.82, 2.24) is 5.32 Å². The van der Waals surface area contributed by atoms with Crippen molar-refractivity contribution in [2.75, 3.05) is 13.7 Å². The van der Waals surface area contributed by atoms with Crippen molar-refractivity contribution in [2.45, 2.75) is 39.2 Å². The Morgan fingerprint density at radius 2 is 2.06 bits per heavy atom. The molecule has 0 bridgehead atoms. The number of methoxy groups -OCH3 is 1. The van der Waals surface area contributed by atoms with Crippen molar-refractivity contribution in [3.8, 4) is 5.75 Å². The summed E-state index contributed by atoms with van der Waals surface area (Å²) in [4.78, 5) is 0. The lowest BCUT2D eigenvalue weighted by molar-refractivity contribution is 0.275. The lowest BCUT2D eigenvalue weighted by atomic mass is 9.77. The molecule has 2 rings (SSSR count). The predicted octanol–water partition coefficient (Wildman–Crippen LogP) is 3.11. The molecule has 94 valence electrons. The molecule has 1 heterocycles. The summed E-state index contributed by atoms with van der Waals surface area (Å²) in [6, 6.07) is 7.04. The van der Waals surface area contributed by atoms with Crippen molar-refractivity contribution >= 4 is 0 Å². The molecule has 1 aromatic rings. The van der Waals surface area contributed by atoms with E-state index >= 15 is 0 Å². The Balaban J connectivity index is 2.31. The van der Waals surface area contributed by atoms with Gasteiger partial charge in [0.05, 0.1) is 7.11 Å². The van der Waals surface area contributed by atoms with E-state index in [1.807, 2.05) is 6.07 Å². The standard InChI is InChI=1S/C15H23NO/c1-10-5-6-13(17-4)9-15(10)14-7-8-16-12(3)11(14)2/h5-6,9,11-12,14,16H,7-8H2,1-4H3/t11-,12?,14?/m0/s1. The van der Waals surface area contributed by atoms with Crippen molar-refractivity contribution in [3.63, 3.8) is 0 Å². The Hall–Kier alpha value is -1.02. The second-order valence-corrected chi connectivity index (χ2v) is 5.22. The molecule has 0 aromatic heterocycles. The van der Waals surface area contributed by atoms with Gasteiger partial charge >= 0.3 is 0 Å². The highest BCUT2D eigenvalue weighted by molar-refractivity contribution is 5.38. The summed E-state index contributed by atoms with van der Waals surface area (Å²) in [5, 5.41) is 3.55. The van der Waals surface area contributed by atoms with Gasteiger partial charge in [0.2, 0.25) is 0 Å². The summed E-state index contributed by atoms with van der Waals surface area (Å²) in [6.45, 7) is 7.95. The van der Waals surface area contributed by atoms with Crippen LogP contribution in [0.3, 0.4) is 0 Å². The van der Waals surface area contributed by atoms with Gasteiger partial charge in [0.25, 0.3) is 0 Å². The van der Waals surface area contributed by atoms with Crippen LogP contribution in [-0.2, 0) is 0 Å². The number of nitrogens with one attached hydrogen (secondary N) is 1. The zero-order chi connectivity index (χ0) is 12.4. The number of aryl methyl sites for hydroxylation is 1. The van der Waals surface area contributed by atoms with E-state index in [9.17, 15) is 0 Å². The van der Waals surface area contributed by atoms with Gasteiger partial charge in [-0.1, -0.05) is 13.0 Å². The molecule has 17 heavy (non-hydrogen) atoms. The topological polar surface area (TPSA) is 21.3 Å². The normalized spacial score (nSPS) is 29.1. The Bertz CT molecular complexity index is 389. The molecule has 2 nitrogen and oxygen atoms in total. The van der Waals surface area contributed by atoms with Crippen LogP contribution < -0.4 is 10.1 Å². The Morgan fingerprint density at radius 3 is 2.76 bits per heavy atom. The van der Waals surface area contributed by atoms with E-state index in [0.717, 1.165) is 12.3 Å². The molecular weight excluding hydrogens is 210 g/mol. The molecule has 2 unspecified atom stereocenters. The number of piperidine rings is 1. The SMILES string of the molecule is COc1ccc(C)c(C2CCNC(C)[C@@H]2C)c1. The minimum atomic E-state index is 0.597. The first-order chi connectivity index (χ1) is 8.13. The van der Waals surface area contributed by atoms with Gasteiger partial charge in [0, 0.05) is 6.04 Å². The molecule has 1 fully saturated rings. The van der Waals surface area contributed by atoms with E-state index in [4.69, 9.17) is 4.74 Å². The lowest BCUT2D eigenvalue weighted by Gasteiger charge is -2.36. The van der Waals surface area contributed by atoms with Gasteiger partial charge in [-0.2, -0.15) is 0 Å². The van der Waals surface area contributed by atoms with Crippen molar-refractivity contribution in [1.29, 1.82) is 0 Å². The monoisotopic (exact) mass is 233 g/mol. The van der Waals surface area contributed by atoms with Crippen LogP contribution in [0.1, 0.15) is 37.3 Å². The molecule has 0 amide bonds. The minimum Gasteiger partial charge on any atom is -0.497 e. The molecule has 0 aliphatic carbocycles. The van der Waals surface area contributed by atoms with Crippen molar-refractivity contribution < 1.29 is 4.74 Å². The van der Waals surface area contributed by atoms with Gasteiger partial charge in [-0.05, 0) is 61.9 Å². The molecule has 1 N–H and O–H groups in total. The highest BCUT2D eigenvalue weighted by Crippen LogP contribution is 2.36. The molecule has 3 atom stereocenters. The van der Waals surface area contributed by atoms with E-state index in [-0.39, 0.29) is 0 Å². The van der Waals surface area contributed by atoms with Crippen LogP contribution in [0, 0.1) is 12.8 Å². The molecule has 1 aliphatic rings. The zero-order valence-electron chi connectivity index (χ0n) is 11.3. The largest absolute Gasteiger partial charge is 0.497 e. The number of ether oxygens (including phenoxy) is 1. The van der Waals surface area contributed by atoms with Gasteiger partial charge in [-0.15, -0.1) is 0 Å². The number of hydrogen-bond donors (Lipinski definition) is 1. The average Bonchev–Trinajstić information content (AvgIpc) is 2.34.